The molecule has 0 amide bonds. The molecule has 0 unspecified atom stereocenters. The fourth-order valence-electron chi connectivity index (χ4n) is 1.86. The van der Waals surface area contributed by atoms with Crippen molar-refractivity contribution in [2.45, 2.75) is 12.0 Å². The molecule has 1 aromatic rings. The van der Waals surface area contributed by atoms with Crippen molar-refractivity contribution in [2.24, 2.45) is 0 Å². The van der Waals surface area contributed by atoms with Gasteiger partial charge in [0.15, 0.2) is 0 Å². The van der Waals surface area contributed by atoms with E-state index in [2.05, 4.69) is 5.32 Å². The van der Waals surface area contributed by atoms with Crippen LogP contribution in [0.5, 0.6) is 5.75 Å². The number of carboxylic acid groups (broad SMARTS) is 1. The van der Waals surface area contributed by atoms with Gasteiger partial charge in [0.1, 0.15) is 11.4 Å². The molecule has 0 bridgehead atoms. The summed E-state index contributed by atoms with van der Waals surface area (Å²) in [7, 11) is 0. The van der Waals surface area contributed by atoms with Crippen molar-refractivity contribution in [3.63, 3.8) is 0 Å². The number of ether oxygens (including phenoxy) is 1. The van der Waals surface area contributed by atoms with Crippen LogP contribution in [0.4, 0.5) is 10.1 Å². The van der Waals surface area contributed by atoms with E-state index in [4.69, 9.17) is 9.84 Å². The summed E-state index contributed by atoms with van der Waals surface area (Å²) in [6, 6.07) is 3.13. The average molecular weight is 270 g/mol. The first-order chi connectivity index (χ1) is 8.92. The highest BCUT2D eigenvalue weighted by Gasteiger charge is 2.41. The number of benzene rings is 1. The Morgan fingerprint density at radius 1 is 1.58 bits per heavy atom. The summed E-state index contributed by atoms with van der Waals surface area (Å²) in [5.74, 6) is -1.96. The summed E-state index contributed by atoms with van der Waals surface area (Å²) in [5, 5.41) is 22.1. The topological polar surface area (TPSA) is 102 Å². The first kappa shape index (κ1) is 13.2. The largest absolute Gasteiger partial charge is 0.484 e. The van der Waals surface area contributed by atoms with Gasteiger partial charge < -0.3 is 15.2 Å². The number of nitro groups is 1. The van der Waals surface area contributed by atoms with Crippen LogP contribution >= 0.6 is 0 Å². The van der Waals surface area contributed by atoms with Gasteiger partial charge in [-0.3, -0.25) is 14.9 Å². The number of nitrogens with zero attached hydrogens (tertiary/aromatic N) is 1. The minimum Gasteiger partial charge on any atom is -0.484 e. The van der Waals surface area contributed by atoms with Gasteiger partial charge in [-0.05, 0) is 6.07 Å². The van der Waals surface area contributed by atoms with Crippen molar-refractivity contribution in [1.82, 2.24) is 5.32 Å². The highest BCUT2D eigenvalue weighted by atomic mass is 19.1. The van der Waals surface area contributed by atoms with Gasteiger partial charge in [0.2, 0.25) is 5.82 Å². The molecule has 1 heterocycles. The lowest BCUT2D eigenvalue weighted by Gasteiger charge is -2.41. The zero-order chi connectivity index (χ0) is 14.0. The number of carboxylic acids is 1. The molecule has 1 aliphatic rings. The zero-order valence-electron chi connectivity index (χ0n) is 9.76. The predicted molar refractivity (Wildman–Crippen MR) is 61.5 cm³/mol. The Balaban J connectivity index is 2.17. The molecule has 2 N–H and O–H groups in total. The van der Waals surface area contributed by atoms with Gasteiger partial charge in [0.25, 0.3) is 0 Å². The minimum absolute atomic E-state index is 0.0749. The molecule has 8 heteroatoms. The zero-order valence-corrected chi connectivity index (χ0v) is 9.76. The average Bonchev–Trinajstić information content (AvgIpc) is 2.25. The van der Waals surface area contributed by atoms with Crippen LogP contribution in [0.25, 0.3) is 0 Å². The third kappa shape index (κ3) is 2.79. The molecule has 7 nitrogen and oxygen atoms in total. The lowest BCUT2D eigenvalue weighted by Crippen LogP contribution is -2.64. The maximum Gasteiger partial charge on any atom is 0.307 e. The molecule has 19 heavy (non-hydrogen) atoms. The van der Waals surface area contributed by atoms with E-state index in [0.717, 1.165) is 12.1 Å². The number of rotatable bonds is 5. The van der Waals surface area contributed by atoms with Crippen LogP contribution in [0.15, 0.2) is 18.2 Å². The van der Waals surface area contributed by atoms with Crippen LogP contribution < -0.4 is 10.1 Å². The normalized spacial score (nSPS) is 16.5. The molecule has 1 fully saturated rings. The number of nitrogens with one attached hydrogen (secondary N) is 1. The summed E-state index contributed by atoms with van der Waals surface area (Å²) < 4.78 is 18.9. The molecule has 102 valence electrons. The second-order valence-electron chi connectivity index (χ2n) is 4.33. The van der Waals surface area contributed by atoms with Crippen LogP contribution in [0.1, 0.15) is 6.42 Å². The molecule has 0 saturated carbocycles. The number of nitro benzene ring substituents is 1. The quantitative estimate of drug-likeness (QED) is 0.609. The molecule has 0 aromatic heterocycles. The van der Waals surface area contributed by atoms with Gasteiger partial charge >= 0.3 is 11.7 Å². The fraction of sp³-hybridized carbons (Fsp3) is 0.364. The lowest BCUT2D eigenvalue weighted by molar-refractivity contribution is -0.387. The number of carbonyl (C=O) groups is 1. The summed E-state index contributed by atoms with van der Waals surface area (Å²) in [4.78, 5) is 20.4. The Morgan fingerprint density at radius 3 is 2.68 bits per heavy atom. The Labute approximate surface area is 107 Å². The standard InChI is InChI=1S/C11H11FN2O5/c12-8-3-7(1-2-9(8)14(17)18)19-11(4-10(15)16)5-13-6-11/h1-3,13H,4-6H2,(H,15,16). The van der Waals surface area contributed by atoms with Crippen molar-refractivity contribution in [2.75, 3.05) is 13.1 Å². The van der Waals surface area contributed by atoms with E-state index < -0.39 is 28.0 Å². The van der Waals surface area contributed by atoms with E-state index in [9.17, 15) is 19.3 Å². The molecule has 0 radical (unpaired) electrons. The molecule has 0 atom stereocenters. The van der Waals surface area contributed by atoms with Crippen LogP contribution in [0.2, 0.25) is 0 Å². The third-order valence-electron chi connectivity index (χ3n) is 2.82. The summed E-state index contributed by atoms with van der Waals surface area (Å²) >= 11 is 0. The number of aliphatic carboxylic acids is 1. The van der Waals surface area contributed by atoms with Crippen molar-refractivity contribution in [3.05, 3.63) is 34.1 Å². The Morgan fingerprint density at radius 2 is 2.26 bits per heavy atom. The molecular formula is C11H11FN2O5. The van der Waals surface area contributed by atoms with Crippen molar-refractivity contribution in [1.29, 1.82) is 0 Å². The maximum atomic E-state index is 13.4. The summed E-state index contributed by atoms with van der Waals surface area (Å²) in [6.45, 7) is 0.663. The lowest BCUT2D eigenvalue weighted by atomic mass is 9.92. The Kier molecular flexibility index (Phi) is 3.34. The van der Waals surface area contributed by atoms with Crippen LogP contribution in [0.3, 0.4) is 0 Å². The van der Waals surface area contributed by atoms with Gasteiger partial charge in [-0.2, -0.15) is 4.39 Å². The first-order valence-corrected chi connectivity index (χ1v) is 5.47. The smallest absolute Gasteiger partial charge is 0.307 e. The van der Waals surface area contributed by atoms with Gasteiger partial charge in [0, 0.05) is 25.2 Å². The van der Waals surface area contributed by atoms with Gasteiger partial charge in [0.05, 0.1) is 11.3 Å². The van der Waals surface area contributed by atoms with Crippen molar-refractivity contribution in [3.8, 4) is 5.75 Å². The van der Waals surface area contributed by atoms with E-state index in [1.165, 1.54) is 6.07 Å². The highest BCUT2D eigenvalue weighted by molar-refractivity contribution is 5.68. The number of hydrogen-bond donors (Lipinski definition) is 2. The molecular weight excluding hydrogens is 259 g/mol. The van der Waals surface area contributed by atoms with Crippen molar-refractivity contribution >= 4 is 11.7 Å². The van der Waals surface area contributed by atoms with Gasteiger partial charge in [-0.25, -0.2) is 0 Å². The second-order valence-corrected chi connectivity index (χ2v) is 4.33. The van der Waals surface area contributed by atoms with Gasteiger partial charge in [-0.15, -0.1) is 0 Å². The molecule has 1 aliphatic heterocycles. The van der Waals surface area contributed by atoms with E-state index >= 15 is 0 Å². The Hall–Kier alpha value is -2.22. The fourth-order valence-corrected chi connectivity index (χ4v) is 1.86. The van der Waals surface area contributed by atoms with Crippen LogP contribution in [0, 0.1) is 15.9 Å². The SMILES string of the molecule is O=C(O)CC1(Oc2ccc([N+](=O)[O-])c(F)c2)CNC1. The highest BCUT2D eigenvalue weighted by Crippen LogP contribution is 2.28. The molecule has 0 spiro atoms. The second kappa shape index (κ2) is 4.81. The number of halogens is 1. The summed E-state index contributed by atoms with van der Waals surface area (Å²) in [6.07, 6.45) is -0.224. The monoisotopic (exact) mass is 270 g/mol. The third-order valence-corrected chi connectivity index (χ3v) is 2.82. The molecule has 1 aromatic carbocycles. The van der Waals surface area contributed by atoms with Crippen molar-refractivity contribution < 1.29 is 24.0 Å². The molecule has 0 aliphatic carbocycles. The number of hydrogen-bond acceptors (Lipinski definition) is 5. The first-order valence-electron chi connectivity index (χ1n) is 5.47. The molecule has 2 rings (SSSR count). The molecule has 1 saturated heterocycles. The predicted octanol–water partition coefficient (Wildman–Crippen LogP) is 0.929. The maximum absolute atomic E-state index is 13.4. The Bertz CT molecular complexity index is 530. The van der Waals surface area contributed by atoms with Crippen LogP contribution in [-0.4, -0.2) is 34.7 Å². The van der Waals surface area contributed by atoms with Crippen LogP contribution in [-0.2, 0) is 4.79 Å². The minimum atomic E-state index is -1.02. The van der Waals surface area contributed by atoms with E-state index in [-0.39, 0.29) is 12.2 Å². The summed E-state index contributed by atoms with van der Waals surface area (Å²) in [5.41, 5.74) is -1.57. The van der Waals surface area contributed by atoms with E-state index in [0.29, 0.717) is 13.1 Å². The van der Waals surface area contributed by atoms with Gasteiger partial charge in [-0.1, -0.05) is 0 Å². The van der Waals surface area contributed by atoms with E-state index in [1.807, 2.05) is 0 Å². The van der Waals surface area contributed by atoms with E-state index in [1.54, 1.807) is 0 Å².